The summed E-state index contributed by atoms with van der Waals surface area (Å²) in [6, 6.07) is 6.35. The molecule has 0 aliphatic carbocycles. The molecular weight excluding hydrogens is 501 g/mol. The summed E-state index contributed by atoms with van der Waals surface area (Å²) in [5.41, 5.74) is 0.918. The van der Waals surface area contributed by atoms with Gasteiger partial charge in [-0.3, -0.25) is 14.9 Å². The molecule has 1 unspecified atom stereocenters. The summed E-state index contributed by atoms with van der Waals surface area (Å²) in [5, 5.41) is 14.2. The summed E-state index contributed by atoms with van der Waals surface area (Å²) >= 11 is 0. The van der Waals surface area contributed by atoms with E-state index >= 15 is 0 Å². The van der Waals surface area contributed by atoms with Gasteiger partial charge in [-0.25, -0.2) is 4.99 Å². The number of halogens is 1. The van der Waals surface area contributed by atoms with Gasteiger partial charge in [0.2, 0.25) is 5.91 Å². The molecule has 0 spiro atoms. The molecule has 30 heavy (non-hydrogen) atoms. The smallest absolute Gasteiger partial charge is 0.269 e. The molecule has 0 radical (unpaired) electrons. The third-order valence-electron chi connectivity index (χ3n) is 4.98. The molecule has 1 heterocycles. The zero-order valence-corrected chi connectivity index (χ0v) is 20.2. The summed E-state index contributed by atoms with van der Waals surface area (Å²) in [7, 11) is 1.84. The van der Waals surface area contributed by atoms with Crippen molar-refractivity contribution in [3.8, 4) is 0 Å². The predicted octanol–water partition coefficient (Wildman–Crippen LogP) is 2.50. The van der Waals surface area contributed by atoms with Gasteiger partial charge in [0.05, 0.1) is 24.6 Å². The molecule has 10 heteroatoms. The number of nitro groups is 1. The SMILES string of the molecule is CCN(CC)C(=O)CN(C)C(=NCc1ccc([N+](=O)[O-])cc1)NCC1CCOC1.I. The largest absolute Gasteiger partial charge is 0.381 e. The van der Waals surface area contributed by atoms with Gasteiger partial charge in [0.25, 0.3) is 5.69 Å². The van der Waals surface area contributed by atoms with Crippen LogP contribution in [0, 0.1) is 16.0 Å². The van der Waals surface area contributed by atoms with Crippen molar-refractivity contribution in [2.24, 2.45) is 10.9 Å². The highest BCUT2D eigenvalue weighted by Crippen LogP contribution is 2.13. The monoisotopic (exact) mass is 533 g/mol. The first-order chi connectivity index (χ1) is 13.9. The van der Waals surface area contributed by atoms with Gasteiger partial charge in [0, 0.05) is 51.3 Å². The Morgan fingerprint density at radius 3 is 2.50 bits per heavy atom. The van der Waals surface area contributed by atoms with Crippen LogP contribution in [-0.2, 0) is 16.1 Å². The zero-order chi connectivity index (χ0) is 21.2. The van der Waals surface area contributed by atoms with Gasteiger partial charge in [0.15, 0.2) is 5.96 Å². The van der Waals surface area contributed by atoms with E-state index in [0.29, 0.717) is 31.5 Å². The minimum Gasteiger partial charge on any atom is -0.381 e. The number of carbonyl (C=O) groups is 1. The fraction of sp³-hybridized carbons (Fsp3) is 0.600. The lowest BCUT2D eigenvalue weighted by molar-refractivity contribution is -0.384. The summed E-state index contributed by atoms with van der Waals surface area (Å²) in [6.07, 6.45) is 1.00. The number of nitrogens with one attached hydrogen (secondary N) is 1. The van der Waals surface area contributed by atoms with Crippen LogP contribution in [0.3, 0.4) is 0 Å². The topological polar surface area (TPSA) is 100 Å². The van der Waals surface area contributed by atoms with Crippen molar-refractivity contribution < 1.29 is 14.5 Å². The lowest BCUT2D eigenvalue weighted by atomic mass is 10.1. The molecule has 9 nitrogen and oxygen atoms in total. The molecule has 1 aromatic carbocycles. The maximum absolute atomic E-state index is 12.5. The Balaban J connectivity index is 0.00000450. The van der Waals surface area contributed by atoms with E-state index in [1.165, 1.54) is 12.1 Å². The second-order valence-electron chi connectivity index (χ2n) is 7.10. The van der Waals surface area contributed by atoms with Crippen molar-refractivity contribution in [1.29, 1.82) is 0 Å². The average Bonchev–Trinajstić information content (AvgIpc) is 3.22. The normalized spacial score (nSPS) is 16.0. The number of rotatable bonds is 9. The number of carbonyl (C=O) groups excluding carboxylic acids is 1. The fourth-order valence-electron chi connectivity index (χ4n) is 3.13. The highest BCUT2D eigenvalue weighted by molar-refractivity contribution is 14.0. The molecule has 1 aliphatic heterocycles. The summed E-state index contributed by atoms with van der Waals surface area (Å²) in [6.45, 7) is 8.09. The van der Waals surface area contributed by atoms with Gasteiger partial charge >= 0.3 is 0 Å². The maximum Gasteiger partial charge on any atom is 0.269 e. The van der Waals surface area contributed by atoms with Crippen molar-refractivity contribution in [2.75, 3.05) is 46.4 Å². The number of aliphatic imine (C=N–C) groups is 1. The molecule has 1 amide bonds. The van der Waals surface area contributed by atoms with E-state index in [4.69, 9.17) is 4.74 Å². The molecule has 168 valence electrons. The fourth-order valence-corrected chi connectivity index (χ4v) is 3.13. The van der Waals surface area contributed by atoms with Crippen LogP contribution in [-0.4, -0.2) is 73.0 Å². The number of nitrogens with zero attached hydrogens (tertiary/aromatic N) is 4. The summed E-state index contributed by atoms with van der Waals surface area (Å²) in [5.74, 6) is 1.11. The van der Waals surface area contributed by atoms with E-state index < -0.39 is 4.92 Å². The van der Waals surface area contributed by atoms with Crippen molar-refractivity contribution in [3.63, 3.8) is 0 Å². The van der Waals surface area contributed by atoms with Gasteiger partial charge in [-0.1, -0.05) is 12.1 Å². The molecule has 1 N–H and O–H groups in total. The molecule has 1 aromatic rings. The number of guanidine groups is 1. The molecule has 1 fully saturated rings. The quantitative estimate of drug-likeness (QED) is 0.172. The number of non-ortho nitro benzene ring substituents is 1. The van der Waals surface area contributed by atoms with E-state index in [2.05, 4.69) is 10.3 Å². The van der Waals surface area contributed by atoms with E-state index in [9.17, 15) is 14.9 Å². The highest BCUT2D eigenvalue weighted by atomic mass is 127. The predicted molar refractivity (Wildman–Crippen MR) is 127 cm³/mol. The van der Waals surface area contributed by atoms with Crippen LogP contribution in [0.4, 0.5) is 5.69 Å². The number of likely N-dealkylation sites (N-methyl/N-ethyl adjacent to an activating group) is 2. The average molecular weight is 533 g/mol. The Hall–Kier alpha value is -1.95. The van der Waals surface area contributed by atoms with Crippen LogP contribution < -0.4 is 5.32 Å². The lowest BCUT2D eigenvalue weighted by Gasteiger charge is -2.26. The molecule has 1 aliphatic rings. The van der Waals surface area contributed by atoms with Gasteiger partial charge < -0.3 is 19.9 Å². The van der Waals surface area contributed by atoms with Crippen molar-refractivity contribution in [1.82, 2.24) is 15.1 Å². The first kappa shape index (κ1) is 26.1. The Kier molecular flexibility index (Phi) is 11.6. The van der Waals surface area contributed by atoms with Gasteiger partial charge in [-0.2, -0.15) is 0 Å². The standard InChI is InChI=1S/C20H31N5O4.HI/c1-4-24(5-2)19(26)14-23(3)20(22-13-17-10-11-29-15-17)21-12-16-6-8-18(9-7-16)25(27)28;/h6-9,17H,4-5,10-15H2,1-3H3,(H,21,22);1H. The van der Waals surface area contributed by atoms with Crippen LogP contribution >= 0.6 is 24.0 Å². The van der Waals surface area contributed by atoms with Crippen molar-refractivity contribution in [3.05, 3.63) is 39.9 Å². The molecule has 1 saturated heterocycles. The molecule has 1 atom stereocenters. The number of hydrogen-bond donors (Lipinski definition) is 1. The number of benzene rings is 1. The number of hydrogen-bond acceptors (Lipinski definition) is 5. The number of nitro benzene ring substituents is 1. The first-order valence-electron chi connectivity index (χ1n) is 10.0. The van der Waals surface area contributed by atoms with Crippen LogP contribution in [0.5, 0.6) is 0 Å². The van der Waals surface area contributed by atoms with Crippen LogP contribution in [0.25, 0.3) is 0 Å². The second-order valence-corrected chi connectivity index (χ2v) is 7.10. The summed E-state index contributed by atoms with van der Waals surface area (Å²) in [4.78, 5) is 31.1. The third-order valence-corrected chi connectivity index (χ3v) is 4.98. The maximum atomic E-state index is 12.5. The Bertz CT molecular complexity index is 704. The first-order valence-corrected chi connectivity index (χ1v) is 10.0. The highest BCUT2D eigenvalue weighted by Gasteiger charge is 2.19. The number of amides is 1. The molecule has 0 saturated carbocycles. The second kappa shape index (κ2) is 13.4. The molecule has 0 aromatic heterocycles. The van der Waals surface area contributed by atoms with Crippen molar-refractivity contribution in [2.45, 2.75) is 26.8 Å². The van der Waals surface area contributed by atoms with E-state index in [0.717, 1.165) is 31.7 Å². The Labute approximate surface area is 195 Å². The van der Waals surface area contributed by atoms with E-state index in [1.54, 1.807) is 17.0 Å². The van der Waals surface area contributed by atoms with Crippen LogP contribution in [0.15, 0.2) is 29.3 Å². The van der Waals surface area contributed by atoms with Gasteiger partial charge in [-0.15, -0.1) is 24.0 Å². The molecule has 0 bridgehead atoms. The minimum atomic E-state index is -0.420. The van der Waals surface area contributed by atoms with E-state index in [1.807, 2.05) is 25.8 Å². The lowest BCUT2D eigenvalue weighted by Crippen LogP contribution is -2.46. The van der Waals surface area contributed by atoms with E-state index in [-0.39, 0.29) is 42.1 Å². The van der Waals surface area contributed by atoms with Crippen molar-refractivity contribution >= 4 is 41.5 Å². The molecule has 2 rings (SSSR count). The third kappa shape index (κ3) is 8.05. The Morgan fingerprint density at radius 1 is 1.30 bits per heavy atom. The summed E-state index contributed by atoms with van der Waals surface area (Å²) < 4.78 is 5.43. The van der Waals surface area contributed by atoms with Gasteiger partial charge in [0.1, 0.15) is 0 Å². The molecular formula is C20H32IN5O4. The minimum absolute atomic E-state index is 0. The number of ether oxygens (including phenoxy) is 1. The van der Waals surface area contributed by atoms with Crippen LogP contribution in [0.2, 0.25) is 0 Å². The van der Waals surface area contributed by atoms with Crippen LogP contribution in [0.1, 0.15) is 25.8 Å². The zero-order valence-electron chi connectivity index (χ0n) is 17.9. The Morgan fingerprint density at radius 2 is 1.97 bits per heavy atom. The van der Waals surface area contributed by atoms with Gasteiger partial charge in [-0.05, 0) is 25.8 Å².